The number of ether oxygens (including phenoxy) is 1. The third kappa shape index (κ3) is 9.91. The molecule has 1 fully saturated rings. The molecule has 3 amide bonds. The van der Waals surface area contributed by atoms with E-state index in [0.29, 0.717) is 29.0 Å². The van der Waals surface area contributed by atoms with Crippen molar-refractivity contribution in [3.63, 3.8) is 0 Å². The van der Waals surface area contributed by atoms with Crippen LogP contribution in [0.4, 0.5) is 4.39 Å². The highest BCUT2D eigenvalue weighted by Gasteiger charge is 2.38. The van der Waals surface area contributed by atoms with Crippen LogP contribution in [0, 0.1) is 17.7 Å². The number of carboxylic acid groups (broad SMARTS) is 1. The van der Waals surface area contributed by atoms with Gasteiger partial charge >= 0.3 is 11.9 Å². The third-order valence-electron chi connectivity index (χ3n) is 10.4. The van der Waals surface area contributed by atoms with Gasteiger partial charge in [0.05, 0.1) is 12.0 Å². The molecule has 1 aliphatic heterocycles. The highest BCUT2D eigenvalue weighted by Crippen LogP contribution is 2.34. The number of aliphatic carboxylic acids is 1. The molecule has 1 aromatic carbocycles. The van der Waals surface area contributed by atoms with Crippen LogP contribution in [0.15, 0.2) is 23.6 Å². The molecular weight excluding hydrogens is 678 g/mol. The molecule has 1 unspecified atom stereocenters. The lowest BCUT2D eigenvalue weighted by Crippen LogP contribution is -2.58. The summed E-state index contributed by atoms with van der Waals surface area (Å²) in [7, 11) is 3.63. The number of esters is 1. The van der Waals surface area contributed by atoms with Crippen LogP contribution < -0.4 is 10.6 Å². The summed E-state index contributed by atoms with van der Waals surface area (Å²) in [6.45, 7) is 9.98. The molecule has 12 nitrogen and oxygen atoms in total. The summed E-state index contributed by atoms with van der Waals surface area (Å²) in [5.41, 5.74) is 1.15. The minimum atomic E-state index is -1.10. The van der Waals surface area contributed by atoms with Crippen LogP contribution >= 0.6 is 11.3 Å². The Morgan fingerprint density at radius 3 is 2.53 bits per heavy atom. The second kappa shape index (κ2) is 17.5. The highest BCUT2D eigenvalue weighted by molar-refractivity contribution is 7.09. The van der Waals surface area contributed by atoms with Crippen LogP contribution in [0.5, 0.6) is 0 Å². The standard InChI is InChI=1S/C37H52FN5O7S/c1-8-21(4)32(41-34(46)29-11-9-10-14-42(29)6)36(47)43(7)30(20(2)3)18-31(50-22(5)44)35-40-28(19-51-35)33(45)39-25-15-23-12-13-24(38)16-26(23)27(17-25)37(48)49/h12-13,16,19-21,25,27,29-32H,8-11,14-15,17-18H2,1-7H3,(H,39,45)(H,41,46)(H,48,49)/t21-,25-,27+,29+,30+,31+,32?/m0/s1. The molecule has 14 heteroatoms. The molecule has 7 atom stereocenters. The summed E-state index contributed by atoms with van der Waals surface area (Å²) in [5.74, 6) is -4.21. The second-order valence-electron chi connectivity index (χ2n) is 14.4. The van der Waals surface area contributed by atoms with Crippen LogP contribution in [-0.4, -0.2) is 94.4 Å². The first-order chi connectivity index (χ1) is 24.1. The van der Waals surface area contributed by atoms with E-state index in [2.05, 4.69) is 15.6 Å². The molecule has 1 saturated heterocycles. The number of fused-ring (bicyclic) bond motifs is 1. The number of aromatic nitrogens is 1. The average Bonchev–Trinajstić information content (AvgIpc) is 3.58. The monoisotopic (exact) mass is 729 g/mol. The number of nitrogens with zero attached hydrogens (tertiary/aromatic N) is 3. The number of nitrogens with one attached hydrogen (secondary N) is 2. The molecule has 0 spiro atoms. The maximum atomic E-state index is 14.1. The van der Waals surface area contributed by atoms with Gasteiger partial charge in [-0.05, 0) is 74.4 Å². The molecule has 4 rings (SSSR count). The van der Waals surface area contributed by atoms with E-state index in [1.807, 2.05) is 39.6 Å². The predicted octanol–water partition coefficient (Wildman–Crippen LogP) is 4.69. The molecule has 0 bridgehead atoms. The highest BCUT2D eigenvalue weighted by atomic mass is 32.1. The van der Waals surface area contributed by atoms with Gasteiger partial charge in [0.1, 0.15) is 22.6 Å². The number of carbonyl (C=O) groups excluding carboxylic acids is 4. The molecule has 3 N–H and O–H groups in total. The van der Waals surface area contributed by atoms with Gasteiger partial charge in [-0.25, -0.2) is 9.37 Å². The van der Waals surface area contributed by atoms with Crippen molar-refractivity contribution in [3.8, 4) is 0 Å². The number of amides is 3. The molecular formula is C37H52FN5O7S. The summed E-state index contributed by atoms with van der Waals surface area (Å²) < 4.78 is 19.6. The summed E-state index contributed by atoms with van der Waals surface area (Å²) in [6.07, 6.45) is 3.19. The predicted molar refractivity (Wildman–Crippen MR) is 191 cm³/mol. The van der Waals surface area contributed by atoms with Gasteiger partial charge in [0, 0.05) is 37.9 Å². The number of likely N-dealkylation sites (tertiary alicyclic amines) is 1. The van der Waals surface area contributed by atoms with Gasteiger partial charge in [-0.2, -0.15) is 0 Å². The molecule has 1 aromatic heterocycles. The largest absolute Gasteiger partial charge is 0.481 e. The number of likely N-dealkylation sites (N-methyl/N-ethyl adjacent to an activating group) is 2. The lowest BCUT2D eigenvalue weighted by molar-refractivity contribution is -0.149. The van der Waals surface area contributed by atoms with E-state index in [-0.39, 0.29) is 48.2 Å². The SMILES string of the molecule is CC[C@H](C)C(NC(=O)[C@H]1CCCCN1C)C(=O)N(C)[C@H](C[C@@H](OC(C)=O)c1nc(C(=O)N[C@H]2Cc3ccc(F)cc3[C@H](C(=O)O)C2)cs1)C(C)C. The van der Waals surface area contributed by atoms with E-state index in [4.69, 9.17) is 4.74 Å². The smallest absolute Gasteiger partial charge is 0.311 e. The fraction of sp³-hybridized carbons (Fsp3) is 0.622. The van der Waals surface area contributed by atoms with E-state index in [9.17, 15) is 33.5 Å². The summed E-state index contributed by atoms with van der Waals surface area (Å²) in [5, 5.41) is 17.7. The van der Waals surface area contributed by atoms with E-state index in [1.165, 1.54) is 19.1 Å². The Kier molecular flexibility index (Phi) is 13.7. The number of benzene rings is 1. The number of piperidine rings is 1. The Morgan fingerprint density at radius 2 is 1.90 bits per heavy atom. The second-order valence-corrected chi connectivity index (χ2v) is 15.3. The van der Waals surface area contributed by atoms with Crippen LogP contribution in [-0.2, 0) is 30.3 Å². The topological polar surface area (TPSA) is 158 Å². The van der Waals surface area contributed by atoms with Crippen LogP contribution in [0.3, 0.4) is 0 Å². The average molecular weight is 730 g/mol. The number of carbonyl (C=O) groups is 5. The molecule has 51 heavy (non-hydrogen) atoms. The Morgan fingerprint density at radius 1 is 1.18 bits per heavy atom. The molecule has 0 saturated carbocycles. The summed E-state index contributed by atoms with van der Waals surface area (Å²) >= 11 is 1.15. The van der Waals surface area contributed by atoms with Gasteiger partial charge in [0.2, 0.25) is 11.8 Å². The first-order valence-electron chi connectivity index (χ1n) is 17.8. The van der Waals surface area contributed by atoms with E-state index < -0.39 is 53.8 Å². The van der Waals surface area contributed by atoms with E-state index in [1.54, 1.807) is 23.4 Å². The number of thiazole rings is 1. The van der Waals surface area contributed by atoms with Crippen molar-refractivity contribution in [2.24, 2.45) is 11.8 Å². The number of hydrogen-bond donors (Lipinski definition) is 3. The van der Waals surface area contributed by atoms with Gasteiger partial charge < -0.3 is 25.4 Å². The first-order valence-corrected chi connectivity index (χ1v) is 18.7. The summed E-state index contributed by atoms with van der Waals surface area (Å²) in [4.78, 5) is 73.4. The minimum absolute atomic E-state index is 0.0673. The van der Waals surface area contributed by atoms with Crippen molar-refractivity contribution in [1.82, 2.24) is 25.4 Å². The molecule has 0 radical (unpaired) electrons. The normalized spacial score (nSPS) is 21.5. The van der Waals surface area contributed by atoms with Crippen molar-refractivity contribution in [1.29, 1.82) is 0 Å². The zero-order valence-corrected chi connectivity index (χ0v) is 31.4. The van der Waals surface area contributed by atoms with Crippen molar-refractivity contribution in [2.45, 2.75) is 116 Å². The Balaban J connectivity index is 1.50. The van der Waals surface area contributed by atoms with Gasteiger partial charge in [0.25, 0.3) is 5.91 Å². The lowest BCUT2D eigenvalue weighted by atomic mass is 9.80. The third-order valence-corrected chi connectivity index (χ3v) is 11.3. The molecule has 2 heterocycles. The number of halogens is 1. The molecule has 1 aliphatic carbocycles. The van der Waals surface area contributed by atoms with Gasteiger partial charge in [-0.15, -0.1) is 11.3 Å². The fourth-order valence-electron chi connectivity index (χ4n) is 7.20. The Hall–Kier alpha value is -3.91. The number of carboxylic acids is 1. The maximum Gasteiger partial charge on any atom is 0.311 e. The Labute approximate surface area is 303 Å². The zero-order valence-electron chi connectivity index (χ0n) is 30.6. The molecule has 2 aliphatic rings. The van der Waals surface area contributed by atoms with Crippen LogP contribution in [0.1, 0.15) is 112 Å². The fourth-order valence-corrected chi connectivity index (χ4v) is 8.04. The zero-order chi connectivity index (χ0) is 37.6. The minimum Gasteiger partial charge on any atom is -0.481 e. The van der Waals surface area contributed by atoms with Gasteiger partial charge in [0.15, 0.2) is 6.10 Å². The van der Waals surface area contributed by atoms with E-state index in [0.717, 1.165) is 37.1 Å². The Bertz CT molecular complexity index is 1580. The van der Waals surface area contributed by atoms with Crippen LogP contribution in [0.2, 0.25) is 0 Å². The van der Waals surface area contributed by atoms with Crippen molar-refractivity contribution in [3.05, 3.63) is 51.2 Å². The van der Waals surface area contributed by atoms with Crippen molar-refractivity contribution >= 4 is 41.0 Å². The van der Waals surface area contributed by atoms with Gasteiger partial charge in [-0.3, -0.25) is 28.9 Å². The van der Waals surface area contributed by atoms with Gasteiger partial charge in [-0.1, -0.05) is 46.6 Å². The number of hydrogen-bond acceptors (Lipinski definition) is 9. The molecule has 2 aromatic rings. The molecule has 280 valence electrons. The van der Waals surface area contributed by atoms with Crippen molar-refractivity contribution < 1.29 is 38.2 Å². The quantitative estimate of drug-likeness (QED) is 0.235. The van der Waals surface area contributed by atoms with Crippen molar-refractivity contribution in [2.75, 3.05) is 20.6 Å². The van der Waals surface area contributed by atoms with Crippen LogP contribution in [0.25, 0.3) is 0 Å². The maximum absolute atomic E-state index is 14.1. The van der Waals surface area contributed by atoms with E-state index >= 15 is 0 Å². The summed E-state index contributed by atoms with van der Waals surface area (Å²) in [6, 6.07) is 2.10. The lowest BCUT2D eigenvalue weighted by Gasteiger charge is -2.38. The number of rotatable bonds is 14. The first kappa shape index (κ1) is 39.9.